The summed E-state index contributed by atoms with van der Waals surface area (Å²) in [4.78, 5) is 14.9. The molecule has 2 aromatic rings. The van der Waals surface area contributed by atoms with Gasteiger partial charge in [-0.15, -0.1) is 0 Å². The maximum atomic E-state index is 13.8. The first-order valence-electron chi connectivity index (χ1n) is 10.6. The van der Waals surface area contributed by atoms with E-state index >= 15 is 0 Å². The van der Waals surface area contributed by atoms with Gasteiger partial charge in [0.2, 0.25) is 5.91 Å². The molecule has 1 saturated heterocycles. The minimum atomic E-state index is -4.20. The van der Waals surface area contributed by atoms with Gasteiger partial charge in [0.05, 0.1) is 31.9 Å². The molecule has 0 radical (unpaired) electrons. The Balaban J connectivity index is 2.08. The molecule has 1 aliphatic heterocycles. The molecule has 1 aliphatic rings. The largest absolute Gasteiger partial charge is 0.495 e. The summed E-state index contributed by atoms with van der Waals surface area (Å²) in [5, 5.41) is 0.317. The van der Waals surface area contributed by atoms with E-state index in [0.717, 1.165) is 17.1 Å². The van der Waals surface area contributed by atoms with Crippen molar-refractivity contribution >= 4 is 33.2 Å². The molecule has 0 saturated carbocycles. The van der Waals surface area contributed by atoms with Gasteiger partial charge in [-0.3, -0.25) is 9.10 Å². The molecule has 0 aliphatic carbocycles. The summed E-state index contributed by atoms with van der Waals surface area (Å²) in [6, 6.07) is 8.93. The van der Waals surface area contributed by atoms with Crippen molar-refractivity contribution in [2.45, 2.75) is 24.7 Å². The van der Waals surface area contributed by atoms with E-state index in [1.165, 1.54) is 45.6 Å². The fourth-order valence-electron chi connectivity index (χ4n) is 3.90. The predicted molar refractivity (Wildman–Crippen MR) is 127 cm³/mol. The highest BCUT2D eigenvalue weighted by Crippen LogP contribution is 2.37. The zero-order valence-electron chi connectivity index (χ0n) is 19.2. The molecule has 1 fully saturated rings. The smallest absolute Gasteiger partial charge is 0.265 e. The van der Waals surface area contributed by atoms with E-state index in [0.29, 0.717) is 29.8 Å². The molecule has 2 aromatic carbocycles. The Hall–Kier alpha value is -2.65. The second-order valence-corrected chi connectivity index (χ2v) is 10.2. The van der Waals surface area contributed by atoms with Crippen LogP contribution in [0, 0.1) is 5.92 Å². The zero-order chi connectivity index (χ0) is 24.2. The minimum Gasteiger partial charge on any atom is -0.495 e. The van der Waals surface area contributed by atoms with Crippen LogP contribution in [0.1, 0.15) is 19.8 Å². The molecule has 1 heterocycles. The number of rotatable bonds is 8. The average Bonchev–Trinajstić information content (AvgIpc) is 2.81. The minimum absolute atomic E-state index is 0.0537. The van der Waals surface area contributed by atoms with Crippen LogP contribution in [0.25, 0.3) is 0 Å². The number of ether oxygens (including phenoxy) is 3. The molecule has 1 atom stereocenters. The van der Waals surface area contributed by atoms with E-state index in [-0.39, 0.29) is 34.5 Å². The van der Waals surface area contributed by atoms with Crippen LogP contribution in [0.15, 0.2) is 41.3 Å². The van der Waals surface area contributed by atoms with Crippen molar-refractivity contribution in [3.05, 3.63) is 41.4 Å². The maximum Gasteiger partial charge on any atom is 0.265 e. The van der Waals surface area contributed by atoms with Crippen LogP contribution in [-0.4, -0.2) is 60.2 Å². The lowest BCUT2D eigenvalue weighted by atomic mass is 10.0. The monoisotopic (exact) mass is 496 g/mol. The molecule has 0 bridgehead atoms. The summed E-state index contributed by atoms with van der Waals surface area (Å²) >= 11 is 6.20. The topological polar surface area (TPSA) is 85.4 Å². The summed E-state index contributed by atoms with van der Waals surface area (Å²) in [6.45, 7) is 2.88. The normalized spacial score (nSPS) is 16.3. The summed E-state index contributed by atoms with van der Waals surface area (Å²) in [5.41, 5.74) is 0.179. The number of anilines is 1. The fraction of sp³-hybridized carbons (Fsp3) is 0.435. The first-order chi connectivity index (χ1) is 15.7. The number of carbonyl (C=O) groups is 1. The molecule has 1 unspecified atom stereocenters. The van der Waals surface area contributed by atoms with Gasteiger partial charge in [0, 0.05) is 24.2 Å². The Labute approximate surface area is 200 Å². The number of benzene rings is 2. The molecule has 0 N–H and O–H groups in total. The van der Waals surface area contributed by atoms with E-state index in [1.807, 2.05) is 0 Å². The Morgan fingerprint density at radius 2 is 1.73 bits per heavy atom. The number of likely N-dealkylation sites (tertiary alicyclic amines) is 1. The van der Waals surface area contributed by atoms with Gasteiger partial charge in [-0.2, -0.15) is 0 Å². The highest BCUT2D eigenvalue weighted by atomic mass is 35.5. The number of sulfonamides is 1. The first-order valence-corrected chi connectivity index (χ1v) is 12.4. The van der Waals surface area contributed by atoms with Crippen LogP contribution in [0.2, 0.25) is 5.02 Å². The van der Waals surface area contributed by atoms with Gasteiger partial charge < -0.3 is 19.1 Å². The molecule has 180 valence electrons. The molecule has 1 amide bonds. The van der Waals surface area contributed by atoms with Crippen molar-refractivity contribution < 1.29 is 27.4 Å². The Bertz CT molecular complexity index is 1110. The Morgan fingerprint density at radius 3 is 2.36 bits per heavy atom. The number of halogens is 1. The summed E-state index contributed by atoms with van der Waals surface area (Å²) < 4.78 is 44.6. The second-order valence-electron chi connectivity index (χ2n) is 7.93. The van der Waals surface area contributed by atoms with Crippen molar-refractivity contribution in [3.63, 3.8) is 0 Å². The number of piperidine rings is 1. The van der Waals surface area contributed by atoms with Crippen molar-refractivity contribution in [1.29, 1.82) is 0 Å². The Morgan fingerprint density at radius 1 is 1.06 bits per heavy atom. The molecule has 0 spiro atoms. The van der Waals surface area contributed by atoms with Gasteiger partial charge >= 0.3 is 0 Å². The number of amides is 1. The molecular weight excluding hydrogens is 468 g/mol. The molecule has 3 rings (SSSR count). The van der Waals surface area contributed by atoms with E-state index in [9.17, 15) is 13.2 Å². The number of carbonyl (C=O) groups excluding carboxylic acids is 1. The van der Waals surface area contributed by atoms with Gasteiger partial charge in [0.15, 0.2) is 11.5 Å². The first kappa shape index (κ1) is 25.0. The number of methoxy groups -OCH3 is 3. The molecule has 33 heavy (non-hydrogen) atoms. The van der Waals surface area contributed by atoms with Gasteiger partial charge in [0.1, 0.15) is 12.3 Å². The average molecular weight is 497 g/mol. The molecular formula is C23H29ClN2O6S. The van der Waals surface area contributed by atoms with E-state index in [4.69, 9.17) is 25.8 Å². The van der Waals surface area contributed by atoms with Gasteiger partial charge in [-0.1, -0.05) is 18.5 Å². The Kier molecular flexibility index (Phi) is 7.97. The van der Waals surface area contributed by atoms with Gasteiger partial charge in [-0.25, -0.2) is 8.42 Å². The number of hydrogen-bond donors (Lipinski definition) is 0. The summed E-state index contributed by atoms with van der Waals surface area (Å²) in [6.07, 6.45) is 1.93. The third kappa shape index (κ3) is 5.47. The third-order valence-electron chi connectivity index (χ3n) is 5.64. The van der Waals surface area contributed by atoms with Crippen molar-refractivity contribution in [2.24, 2.45) is 5.92 Å². The zero-order valence-corrected chi connectivity index (χ0v) is 20.8. The molecule has 0 aromatic heterocycles. The lowest BCUT2D eigenvalue weighted by Crippen LogP contribution is -2.46. The molecule has 8 nitrogen and oxygen atoms in total. The van der Waals surface area contributed by atoms with Crippen LogP contribution < -0.4 is 18.5 Å². The maximum absolute atomic E-state index is 13.8. The predicted octanol–water partition coefficient (Wildman–Crippen LogP) is 3.82. The SMILES string of the molecule is COc1ccc(S(=O)(=O)N(CC(=O)N2CCCC(C)C2)c2cc(Cl)ccc2OC)cc1OC. The van der Waals surface area contributed by atoms with Crippen LogP contribution in [-0.2, 0) is 14.8 Å². The van der Waals surface area contributed by atoms with Crippen molar-refractivity contribution in [1.82, 2.24) is 4.90 Å². The van der Waals surface area contributed by atoms with Crippen LogP contribution in [0.3, 0.4) is 0 Å². The van der Waals surface area contributed by atoms with E-state index in [1.54, 1.807) is 17.0 Å². The highest BCUT2D eigenvalue weighted by molar-refractivity contribution is 7.92. The lowest BCUT2D eigenvalue weighted by Gasteiger charge is -2.33. The second kappa shape index (κ2) is 10.5. The summed E-state index contributed by atoms with van der Waals surface area (Å²) in [7, 11) is 0.125. The van der Waals surface area contributed by atoms with Gasteiger partial charge in [-0.05, 0) is 49.1 Å². The van der Waals surface area contributed by atoms with Crippen LogP contribution in [0.4, 0.5) is 5.69 Å². The van der Waals surface area contributed by atoms with Crippen molar-refractivity contribution in [3.8, 4) is 17.2 Å². The van der Waals surface area contributed by atoms with Crippen molar-refractivity contribution in [2.75, 3.05) is 45.3 Å². The quantitative estimate of drug-likeness (QED) is 0.552. The van der Waals surface area contributed by atoms with Gasteiger partial charge in [0.25, 0.3) is 10.0 Å². The third-order valence-corrected chi connectivity index (χ3v) is 7.63. The van der Waals surface area contributed by atoms with E-state index < -0.39 is 10.0 Å². The van der Waals surface area contributed by atoms with E-state index in [2.05, 4.69) is 6.92 Å². The summed E-state index contributed by atoms with van der Waals surface area (Å²) in [5.74, 6) is 1.00. The van der Waals surface area contributed by atoms with Crippen LogP contribution in [0.5, 0.6) is 17.2 Å². The fourth-order valence-corrected chi connectivity index (χ4v) is 5.50. The number of nitrogens with zero attached hydrogens (tertiary/aromatic N) is 2. The van der Waals surface area contributed by atoms with Crippen LogP contribution >= 0.6 is 11.6 Å². The lowest BCUT2D eigenvalue weighted by molar-refractivity contribution is -0.131. The molecule has 10 heteroatoms. The highest BCUT2D eigenvalue weighted by Gasteiger charge is 2.33. The number of hydrogen-bond acceptors (Lipinski definition) is 6. The standard InChI is InChI=1S/C23H29ClN2O6S/c1-16-6-5-11-25(14-16)23(27)15-26(19-12-17(24)7-9-20(19)30-2)33(28,29)18-8-10-21(31-3)22(13-18)32-4/h7-10,12-13,16H,5-6,11,14-15H2,1-4H3.